The van der Waals surface area contributed by atoms with Crippen LogP contribution in [0.2, 0.25) is 0 Å². The molecule has 0 heterocycles. The molecule has 1 atom stereocenters. The van der Waals surface area contributed by atoms with E-state index in [-0.39, 0.29) is 18.9 Å². The summed E-state index contributed by atoms with van der Waals surface area (Å²) in [5.41, 5.74) is 1.17. The van der Waals surface area contributed by atoms with Crippen molar-refractivity contribution in [1.82, 2.24) is 5.32 Å². The minimum atomic E-state index is -1.09. The maximum absolute atomic E-state index is 11.0. The van der Waals surface area contributed by atoms with Gasteiger partial charge in [-0.25, -0.2) is 0 Å². The van der Waals surface area contributed by atoms with Crippen molar-refractivity contribution < 1.29 is 20.1 Å². The SMILES string of the molecule is Cc1ccc(O)c(C(NCCO)C(=O)O)c1. The lowest BCUT2D eigenvalue weighted by Crippen LogP contribution is -2.30. The summed E-state index contributed by atoms with van der Waals surface area (Å²) in [5, 5.41) is 29.9. The summed E-state index contributed by atoms with van der Waals surface area (Å²) in [7, 11) is 0. The molecule has 0 amide bonds. The normalized spacial score (nSPS) is 12.4. The Balaban J connectivity index is 3.00. The standard InChI is InChI=1S/C11H15NO4/c1-7-2-3-9(14)8(6-7)10(11(15)16)12-4-5-13/h2-3,6,10,12-14H,4-5H2,1H3,(H,15,16). The molecule has 1 unspecified atom stereocenters. The van der Waals surface area contributed by atoms with Crippen LogP contribution in [-0.4, -0.2) is 34.4 Å². The molecule has 0 saturated carbocycles. The molecule has 0 aliphatic rings. The molecule has 0 bridgehead atoms. The molecule has 0 fully saturated rings. The summed E-state index contributed by atoms with van der Waals surface area (Å²) >= 11 is 0. The third-order valence-electron chi connectivity index (χ3n) is 2.20. The number of hydrogen-bond acceptors (Lipinski definition) is 4. The van der Waals surface area contributed by atoms with Crippen molar-refractivity contribution in [2.45, 2.75) is 13.0 Å². The molecule has 4 N–H and O–H groups in total. The number of phenols is 1. The molecule has 1 rings (SSSR count). The van der Waals surface area contributed by atoms with Gasteiger partial charge >= 0.3 is 5.97 Å². The smallest absolute Gasteiger partial charge is 0.325 e. The molecular formula is C11H15NO4. The van der Waals surface area contributed by atoms with E-state index in [1.807, 2.05) is 6.92 Å². The maximum atomic E-state index is 11.0. The van der Waals surface area contributed by atoms with Crippen LogP contribution in [0.4, 0.5) is 0 Å². The number of aliphatic carboxylic acids is 1. The molecule has 0 aliphatic heterocycles. The van der Waals surface area contributed by atoms with Gasteiger partial charge in [0, 0.05) is 12.1 Å². The zero-order chi connectivity index (χ0) is 12.1. The fourth-order valence-electron chi connectivity index (χ4n) is 1.44. The van der Waals surface area contributed by atoms with Gasteiger partial charge in [-0.05, 0) is 13.0 Å². The molecule has 0 aromatic heterocycles. The van der Waals surface area contributed by atoms with E-state index in [9.17, 15) is 9.90 Å². The summed E-state index contributed by atoms with van der Waals surface area (Å²) in [5.74, 6) is -1.15. The summed E-state index contributed by atoms with van der Waals surface area (Å²) in [6.45, 7) is 1.81. The maximum Gasteiger partial charge on any atom is 0.325 e. The van der Waals surface area contributed by atoms with Gasteiger partial charge in [-0.1, -0.05) is 17.7 Å². The first-order valence-corrected chi connectivity index (χ1v) is 4.93. The van der Waals surface area contributed by atoms with Crippen LogP contribution in [0.15, 0.2) is 18.2 Å². The zero-order valence-electron chi connectivity index (χ0n) is 8.97. The average Bonchev–Trinajstić information content (AvgIpc) is 2.23. The second-order valence-electron chi connectivity index (χ2n) is 3.51. The predicted molar refractivity (Wildman–Crippen MR) is 58.3 cm³/mol. The van der Waals surface area contributed by atoms with Crippen LogP contribution >= 0.6 is 0 Å². The first-order chi connectivity index (χ1) is 7.56. The van der Waals surface area contributed by atoms with E-state index in [4.69, 9.17) is 10.2 Å². The Morgan fingerprint density at radius 3 is 2.75 bits per heavy atom. The highest BCUT2D eigenvalue weighted by Gasteiger charge is 2.21. The van der Waals surface area contributed by atoms with E-state index in [0.29, 0.717) is 5.56 Å². The third kappa shape index (κ3) is 2.95. The fourth-order valence-corrected chi connectivity index (χ4v) is 1.44. The van der Waals surface area contributed by atoms with Gasteiger partial charge in [0.25, 0.3) is 0 Å². The molecule has 0 saturated heterocycles. The molecule has 5 heteroatoms. The molecule has 1 aromatic rings. The number of nitrogens with one attached hydrogen (secondary N) is 1. The van der Waals surface area contributed by atoms with Crippen LogP contribution in [0.3, 0.4) is 0 Å². The summed E-state index contributed by atoms with van der Waals surface area (Å²) in [6.07, 6.45) is 0. The second kappa shape index (κ2) is 5.48. The van der Waals surface area contributed by atoms with Gasteiger partial charge in [-0.2, -0.15) is 0 Å². The minimum Gasteiger partial charge on any atom is -0.508 e. The quantitative estimate of drug-likeness (QED) is 0.582. The number of carboxylic acids is 1. The van der Waals surface area contributed by atoms with E-state index in [2.05, 4.69) is 5.32 Å². The lowest BCUT2D eigenvalue weighted by molar-refractivity contribution is -0.139. The Bertz CT molecular complexity index is 378. The molecule has 1 aromatic carbocycles. The lowest BCUT2D eigenvalue weighted by Gasteiger charge is -2.15. The van der Waals surface area contributed by atoms with Crippen molar-refractivity contribution in [3.05, 3.63) is 29.3 Å². The molecule has 0 aliphatic carbocycles. The van der Waals surface area contributed by atoms with Crippen molar-refractivity contribution in [3.63, 3.8) is 0 Å². The van der Waals surface area contributed by atoms with E-state index in [1.54, 1.807) is 12.1 Å². The van der Waals surface area contributed by atoms with Crippen molar-refractivity contribution in [1.29, 1.82) is 0 Å². The number of carbonyl (C=O) groups is 1. The van der Waals surface area contributed by atoms with E-state index >= 15 is 0 Å². The van der Waals surface area contributed by atoms with E-state index in [1.165, 1.54) is 6.07 Å². The monoisotopic (exact) mass is 225 g/mol. The predicted octanol–water partition coefficient (Wildman–Crippen LogP) is 0.408. The molecule has 88 valence electrons. The number of carboxylic acid groups (broad SMARTS) is 1. The van der Waals surface area contributed by atoms with Crippen molar-refractivity contribution in [2.75, 3.05) is 13.2 Å². The largest absolute Gasteiger partial charge is 0.508 e. The van der Waals surface area contributed by atoms with Crippen LogP contribution in [0.1, 0.15) is 17.2 Å². The van der Waals surface area contributed by atoms with Crippen molar-refractivity contribution in [2.24, 2.45) is 0 Å². The topological polar surface area (TPSA) is 89.8 Å². The fraction of sp³-hybridized carbons (Fsp3) is 0.364. The Morgan fingerprint density at radius 2 is 2.19 bits per heavy atom. The lowest BCUT2D eigenvalue weighted by atomic mass is 10.0. The molecule has 0 spiro atoms. The highest BCUT2D eigenvalue weighted by molar-refractivity contribution is 5.76. The molecule has 0 radical (unpaired) electrons. The number of aliphatic hydroxyl groups excluding tert-OH is 1. The summed E-state index contributed by atoms with van der Waals surface area (Å²) < 4.78 is 0. The number of benzene rings is 1. The molecule has 16 heavy (non-hydrogen) atoms. The number of aliphatic hydroxyl groups is 1. The van der Waals surface area contributed by atoms with Crippen LogP contribution in [0, 0.1) is 6.92 Å². The van der Waals surface area contributed by atoms with Gasteiger partial charge in [0.05, 0.1) is 6.61 Å². The van der Waals surface area contributed by atoms with E-state index < -0.39 is 12.0 Å². The first-order valence-electron chi connectivity index (χ1n) is 4.93. The van der Waals surface area contributed by atoms with Gasteiger partial charge < -0.3 is 15.3 Å². The van der Waals surface area contributed by atoms with Gasteiger partial charge in [-0.3, -0.25) is 10.1 Å². The van der Waals surface area contributed by atoms with Crippen molar-refractivity contribution in [3.8, 4) is 5.75 Å². The Hall–Kier alpha value is -1.59. The van der Waals surface area contributed by atoms with Crippen LogP contribution in [-0.2, 0) is 4.79 Å². The Kier molecular flexibility index (Phi) is 4.28. The second-order valence-corrected chi connectivity index (χ2v) is 3.51. The Morgan fingerprint density at radius 1 is 1.50 bits per heavy atom. The van der Waals surface area contributed by atoms with Gasteiger partial charge in [0.2, 0.25) is 0 Å². The number of rotatable bonds is 5. The van der Waals surface area contributed by atoms with Crippen LogP contribution in [0.25, 0.3) is 0 Å². The zero-order valence-corrected chi connectivity index (χ0v) is 8.97. The molecule has 5 nitrogen and oxygen atoms in total. The molecular weight excluding hydrogens is 210 g/mol. The number of aromatic hydroxyl groups is 1. The van der Waals surface area contributed by atoms with Gasteiger partial charge in [0.15, 0.2) is 0 Å². The van der Waals surface area contributed by atoms with Gasteiger partial charge in [0.1, 0.15) is 11.8 Å². The average molecular weight is 225 g/mol. The summed E-state index contributed by atoms with van der Waals surface area (Å²) in [6, 6.07) is 3.76. The first kappa shape index (κ1) is 12.5. The Labute approximate surface area is 93.4 Å². The van der Waals surface area contributed by atoms with Crippen LogP contribution < -0.4 is 5.32 Å². The van der Waals surface area contributed by atoms with Gasteiger partial charge in [-0.15, -0.1) is 0 Å². The number of hydrogen-bond donors (Lipinski definition) is 4. The van der Waals surface area contributed by atoms with Crippen molar-refractivity contribution >= 4 is 5.97 Å². The number of aryl methyl sites for hydroxylation is 1. The van der Waals surface area contributed by atoms with Crippen LogP contribution in [0.5, 0.6) is 5.75 Å². The highest BCUT2D eigenvalue weighted by atomic mass is 16.4. The number of phenolic OH excluding ortho intramolecular Hbond substituents is 1. The summed E-state index contributed by atoms with van der Waals surface area (Å²) in [4.78, 5) is 11.0. The third-order valence-corrected chi connectivity index (χ3v) is 2.20. The highest BCUT2D eigenvalue weighted by Crippen LogP contribution is 2.25. The minimum absolute atomic E-state index is 0.0663. The van der Waals surface area contributed by atoms with E-state index in [0.717, 1.165) is 5.56 Å².